The Labute approximate surface area is 136 Å². The van der Waals surface area contributed by atoms with Gasteiger partial charge >= 0.3 is 0 Å². The van der Waals surface area contributed by atoms with Crippen LogP contribution < -0.4 is 5.32 Å². The number of hydrogen-bond donors (Lipinski definition) is 1. The van der Waals surface area contributed by atoms with E-state index in [1.807, 2.05) is 12.3 Å². The molecule has 0 unspecified atom stereocenters. The quantitative estimate of drug-likeness (QED) is 0.808. The van der Waals surface area contributed by atoms with Crippen molar-refractivity contribution >= 4 is 11.6 Å². The molecule has 0 bridgehead atoms. The Morgan fingerprint density at radius 2 is 2.00 bits per heavy atom. The molecule has 112 valence electrons. The van der Waals surface area contributed by atoms with Crippen LogP contribution in [-0.2, 0) is 12.8 Å². The summed E-state index contributed by atoms with van der Waals surface area (Å²) in [6, 6.07) is 10.6. The van der Waals surface area contributed by atoms with E-state index < -0.39 is 0 Å². The monoisotopic (exact) mass is 310 g/mol. The van der Waals surface area contributed by atoms with Gasteiger partial charge in [0.2, 0.25) is 0 Å². The molecular weight excluding hydrogens is 292 g/mol. The molecule has 22 heavy (non-hydrogen) atoms. The van der Waals surface area contributed by atoms with Crippen molar-refractivity contribution in [1.82, 2.24) is 10.3 Å². The molecule has 4 rings (SSSR count). The number of nitrogens with one attached hydrogen (secondary N) is 1. The first-order valence-electron chi connectivity index (χ1n) is 7.94. The summed E-state index contributed by atoms with van der Waals surface area (Å²) in [6.07, 6.45) is 7.43. The number of nitrogens with zero attached hydrogens (tertiary/aromatic N) is 1. The molecule has 2 heterocycles. The van der Waals surface area contributed by atoms with E-state index in [2.05, 4.69) is 35.7 Å². The number of halogens is 1. The summed E-state index contributed by atoms with van der Waals surface area (Å²) in [7, 11) is 0. The zero-order valence-corrected chi connectivity index (χ0v) is 13.2. The SMILES string of the molecule is Clc1ccc2c(c1)CCc1cccnc1[C@H]2C1=CCNCC1. The fourth-order valence-corrected chi connectivity index (χ4v) is 3.88. The first-order valence-corrected chi connectivity index (χ1v) is 8.32. The third kappa shape index (κ3) is 2.47. The predicted octanol–water partition coefficient (Wildman–Crippen LogP) is 3.89. The summed E-state index contributed by atoms with van der Waals surface area (Å²) >= 11 is 6.23. The van der Waals surface area contributed by atoms with E-state index in [0.29, 0.717) is 0 Å². The van der Waals surface area contributed by atoms with Gasteiger partial charge in [0, 0.05) is 23.7 Å². The molecule has 0 amide bonds. The highest BCUT2D eigenvalue weighted by atomic mass is 35.5. The minimum Gasteiger partial charge on any atom is -0.313 e. The molecule has 1 aromatic carbocycles. The highest BCUT2D eigenvalue weighted by Gasteiger charge is 2.28. The van der Waals surface area contributed by atoms with Gasteiger partial charge in [-0.1, -0.05) is 35.4 Å². The van der Waals surface area contributed by atoms with E-state index in [1.54, 1.807) is 0 Å². The summed E-state index contributed by atoms with van der Waals surface area (Å²) < 4.78 is 0. The number of aryl methyl sites for hydroxylation is 2. The van der Waals surface area contributed by atoms with Gasteiger partial charge in [-0.3, -0.25) is 4.98 Å². The predicted molar refractivity (Wildman–Crippen MR) is 90.5 cm³/mol. The smallest absolute Gasteiger partial charge is 0.0551 e. The average molecular weight is 311 g/mol. The largest absolute Gasteiger partial charge is 0.313 e. The van der Waals surface area contributed by atoms with Crippen molar-refractivity contribution in [2.24, 2.45) is 0 Å². The highest BCUT2D eigenvalue weighted by molar-refractivity contribution is 6.30. The summed E-state index contributed by atoms with van der Waals surface area (Å²) in [4.78, 5) is 4.76. The summed E-state index contributed by atoms with van der Waals surface area (Å²) in [5.74, 6) is 0.285. The third-order valence-electron chi connectivity index (χ3n) is 4.75. The van der Waals surface area contributed by atoms with Crippen LogP contribution in [0.4, 0.5) is 0 Å². The Morgan fingerprint density at radius 1 is 1.09 bits per heavy atom. The van der Waals surface area contributed by atoms with E-state index in [4.69, 9.17) is 16.6 Å². The normalized spacial score (nSPS) is 20.6. The molecule has 1 N–H and O–H groups in total. The van der Waals surface area contributed by atoms with E-state index in [1.165, 1.54) is 28.0 Å². The maximum atomic E-state index is 6.23. The lowest BCUT2D eigenvalue weighted by atomic mass is 9.83. The number of aromatic nitrogens is 1. The lowest BCUT2D eigenvalue weighted by molar-refractivity contribution is 0.667. The topological polar surface area (TPSA) is 24.9 Å². The van der Waals surface area contributed by atoms with Crippen LogP contribution >= 0.6 is 11.6 Å². The number of pyridine rings is 1. The second-order valence-electron chi connectivity index (χ2n) is 6.06. The standard InChI is InChI=1S/C19H19ClN2/c20-16-5-6-17-15(12-16)4-3-14-2-1-9-22-19(14)18(17)13-7-10-21-11-8-13/h1-2,5-7,9,12,18,21H,3-4,8,10-11H2/t18-/m0/s1. The average Bonchev–Trinajstić information content (AvgIpc) is 2.72. The van der Waals surface area contributed by atoms with E-state index in [0.717, 1.165) is 37.4 Å². The molecule has 1 aromatic heterocycles. The molecule has 0 spiro atoms. The van der Waals surface area contributed by atoms with Crippen molar-refractivity contribution in [2.75, 3.05) is 13.1 Å². The zero-order valence-electron chi connectivity index (χ0n) is 12.5. The number of rotatable bonds is 1. The van der Waals surface area contributed by atoms with Crippen molar-refractivity contribution in [2.45, 2.75) is 25.2 Å². The molecule has 0 radical (unpaired) electrons. The molecular formula is C19H19ClN2. The Kier molecular flexibility index (Phi) is 3.73. The van der Waals surface area contributed by atoms with Gasteiger partial charge in [-0.15, -0.1) is 0 Å². The molecule has 0 fully saturated rings. The second kappa shape index (κ2) is 5.86. The Balaban J connectivity index is 1.92. The summed E-state index contributed by atoms with van der Waals surface area (Å²) in [6.45, 7) is 2.00. The molecule has 1 aliphatic heterocycles. The minimum atomic E-state index is 0.285. The lowest BCUT2D eigenvalue weighted by Crippen LogP contribution is -2.23. The van der Waals surface area contributed by atoms with Crippen LogP contribution in [0, 0.1) is 0 Å². The third-order valence-corrected chi connectivity index (χ3v) is 4.98. The number of benzene rings is 1. The van der Waals surface area contributed by atoms with E-state index >= 15 is 0 Å². The van der Waals surface area contributed by atoms with Gasteiger partial charge in [0.15, 0.2) is 0 Å². The summed E-state index contributed by atoms with van der Waals surface area (Å²) in [5, 5.41) is 4.24. The fourth-order valence-electron chi connectivity index (χ4n) is 3.69. The second-order valence-corrected chi connectivity index (χ2v) is 6.49. The van der Waals surface area contributed by atoms with Crippen molar-refractivity contribution in [3.8, 4) is 0 Å². The highest BCUT2D eigenvalue weighted by Crippen LogP contribution is 2.40. The molecule has 2 aromatic rings. The van der Waals surface area contributed by atoms with Crippen LogP contribution in [0.5, 0.6) is 0 Å². The first-order chi connectivity index (χ1) is 10.8. The molecule has 0 saturated carbocycles. The zero-order chi connectivity index (χ0) is 14.9. The van der Waals surface area contributed by atoms with Gasteiger partial charge in [-0.25, -0.2) is 0 Å². The van der Waals surface area contributed by atoms with Gasteiger partial charge in [0.05, 0.1) is 5.69 Å². The van der Waals surface area contributed by atoms with Crippen LogP contribution in [0.2, 0.25) is 5.02 Å². The van der Waals surface area contributed by atoms with Crippen molar-refractivity contribution < 1.29 is 0 Å². The van der Waals surface area contributed by atoms with Crippen molar-refractivity contribution in [3.05, 3.63) is 75.6 Å². The molecule has 1 atom stereocenters. The fraction of sp³-hybridized carbons (Fsp3) is 0.316. The number of hydrogen-bond acceptors (Lipinski definition) is 2. The van der Waals surface area contributed by atoms with Crippen LogP contribution in [0.1, 0.15) is 34.7 Å². The summed E-state index contributed by atoms with van der Waals surface area (Å²) in [5.41, 5.74) is 6.85. The first kappa shape index (κ1) is 14.0. The van der Waals surface area contributed by atoms with Gasteiger partial charge < -0.3 is 5.32 Å². The minimum absolute atomic E-state index is 0.285. The van der Waals surface area contributed by atoms with Crippen LogP contribution in [-0.4, -0.2) is 18.1 Å². The maximum Gasteiger partial charge on any atom is 0.0551 e. The Hall–Kier alpha value is -1.64. The van der Waals surface area contributed by atoms with Crippen LogP contribution in [0.3, 0.4) is 0 Å². The lowest BCUT2D eigenvalue weighted by Gasteiger charge is -2.25. The van der Waals surface area contributed by atoms with E-state index in [9.17, 15) is 0 Å². The van der Waals surface area contributed by atoms with E-state index in [-0.39, 0.29) is 5.92 Å². The van der Waals surface area contributed by atoms with Gasteiger partial charge in [-0.05, 0) is 60.7 Å². The Morgan fingerprint density at radius 3 is 2.86 bits per heavy atom. The molecule has 0 saturated heterocycles. The Bertz CT molecular complexity index is 736. The van der Waals surface area contributed by atoms with Crippen LogP contribution in [0.15, 0.2) is 48.2 Å². The molecule has 3 heteroatoms. The molecule has 2 nitrogen and oxygen atoms in total. The van der Waals surface area contributed by atoms with Gasteiger partial charge in [0.1, 0.15) is 0 Å². The van der Waals surface area contributed by atoms with Gasteiger partial charge in [0.25, 0.3) is 0 Å². The molecule has 1 aliphatic carbocycles. The van der Waals surface area contributed by atoms with Crippen LogP contribution in [0.25, 0.3) is 0 Å². The van der Waals surface area contributed by atoms with Crippen molar-refractivity contribution in [1.29, 1.82) is 0 Å². The molecule has 2 aliphatic rings. The number of fused-ring (bicyclic) bond motifs is 2. The maximum absolute atomic E-state index is 6.23. The van der Waals surface area contributed by atoms with Gasteiger partial charge in [-0.2, -0.15) is 0 Å². The van der Waals surface area contributed by atoms with Crippen molar-refractivity contribution in [3.63, 3.8) is 0 Å².